The van der Waals surface area contributed by atoms with E-state index in [4.69, 9.17) is 0 Å². The smallest absolute Gasteiger partial charge is 0.357 e. The Morgan fingerprint density at radius 1 is 1.11 bits per heavy atom. The van der Waals surface area contributed by atoms with E-state index in [2.05, 4.69) is 39.9 Å². The summed E-state index contributed by atoms with van der Waals surface area (Å²) in [7, 11) is 0. The molecule has 2 saturated carbocycles. The summed E-state index contributed by atoms with van der Waals surface area (Å²) in [6.07, 6.45) is -1.39. The molecule has 0 aromatic heterocycles. The van der Waals surface area contributed by atoms with Gasteiger partial charge < -0.3 is 10.6 Å². The monoisotopic (exact) mass is 495 g/mol. The van der Waals surface area contributed by atoms with Crippen molar-refractivity contribution in [3.63, 3.8) is 0 Å². The number of rotatable bonds is 5. The molecule has 1 aromatic rings. The molecule has 2 N–H and O–H groups in total. The highest BCUT2D eigenvalue weighted by Crippen LogP contribution is 2.47. The van der Waals surface area contributed by atoms with Gasteiger partial charge in [0.1, 0.15) is 0 Å². The Morgan fingerprint density at radius 2 is 1.78 bits per heavy atom. The van der Waals surface area contributed by atoms with Crippen LogP contribution in [-0.4, -0.2) is 31.3 Å². The average molecular weight is 495 g/mol. The fraction of sp³-hybridized carbons (Fsp3) is 0.650. The first-order valence-electron chi connectivity index (χ1n) is 9.64. The zero-order valence-corrected chi connectivity index (χ0v) is 18.0. The normalized spacial score (nSPS) is 28.2. The van der Waals surface area contributed by atoms with Crippen molar-refractivity contribution >= 4 is 29.9 Å². The SMILES string of the molecule is CCNC(=NCC1CC1c1ccccc1)NC1CCC(C(F)(F)F)CC1.I. The lowest BCUT2D eigenvalue weighted by Crippen LogP contribution is -2.46. The van der Waals surface area contributed by atoms with Gasteiger partial charge in [0.05, 0.1) is 5.92 Å². The third-order valence-electron chi connectivity index (χ3n) is 5.51. The van der Waals surface area contributed by atoms with Gasteiger partial charge in [-0.15, -0.1) is 24.0 Å². The number of nitrogens with zero attached hydrogens (tertiary/aromatic N) is 1. The van der Waals surface area contributed by atoms with Crippen molar-refractivity contribution in [3.05, 3.63) is 35.9 Å². The maximum Gasteiger partial charge on any atom is 0.391 e. The lowest BCUT2D eigenvalue weighted by atomic mass is 9.85. The number of hydrogen-bond acceptors (Lipinski definition) is 1. The molecule has 1 aromatic carbocycles. The maximum atomic E-state index is 12.8. The molecule has 3 rings (SSSR count). The molecule has 2 aliphatic carbocycles. The topological polar surface area (TPSA) is 36.4 Å². The van der Waals surface area contributed by atoms with Crippen LogP contribution < -0.4 is 10.6 Å². The van der Waals surface area contributed by atoms with Crippen LogP contribution in [0.3, 0.4) is 0 Å². The van der Waals surface area contributed by atoms with E-state index >= 15 is 0 Å². The van der Waals surface area contributed by atoms with Crippen molar-refractivity contribution in [1.82, 2.24) is 10.6 Å². The van der Waals surface area contributed by atoms with Crippen LogP contribution >= 0.6 is 24.0 Å². The Hall–Kier alpha value is -0.990. The number of hydrogen-bond donors (Lipinski definition) is 2. The summed E-state index contributed by atoms with van der Waals surface area (Å²) < 4.78 is 38.4. The predicted molar refractivity (Wildman–Crippen MR) is 114 cm³/mol. The average Bonchev–Trinajstić information content (AvgIpc) is 3.40. The van der Waals surface area contributed by atoms with Crippen molar-refractivity contribution in [2.75, 3.05) is 13.1 Å². The Kier molecular flexibility index (Phi) is 8.24. The van der Waals surface area contributed by atoms with Crippen LogP contribution in [0.25, 0.3) is 0 Å². The van der Waals surface area contributed by atoms with Crippen molar-refractivity contribution in [2.24, 2.45) is 16.8 Å². The molecule has 0 heterocycles. The largest absolute Gasteiger partial charge is 0.391 e. The molecule has 0 radical (unpaired) electrons. The van der Waals surface area contributed by atoms with E-state index in [-0.39, 0.29) is 42.9 Å². The second-order valence-electron chi connectivity index (χ2n) is 7.47. The second-order valence-corrected chi connectivity index (χ2v) is 7.47. The molecule has 2 aliphatic rings. The molecule has 27 heavy (non-hydrogen) atoms. The minimum absolute atomic E-state index is 0. The van der Waals surface area contributed by atoms with Crippen LogP contribution in [0.15, 0.2) is 35.3 Å². The van der Waals surface area contributed by atoms with Gasteiger partial charge in [0, 0.05) is 19.1 Å². The molecule has 2 atom stereocenters. The molecule has 7 heteroatoms. The van der Waals surface area contributed by atoms with Gasteiger partial charge in [-0.1, -0.05) is 30.3 Å². The molecule has 152 valence electrons. The summed E-state index contributed by atoms with van der Waals surface area (Å²) >= 11 is 0. The van der Waals surface area contributed by atoms with Gasteiger partial charge in [0.25, 0.3) is 0 Å². The maximum absolute atomic E-state index is 12.8. The third-order valence-corrected chi connectivity index (χ3v) is 5.51. The molecule has 0 aliphatic heterocycles. The third kappa shape index (κ3) is 6.54. The molecule has 2 fully saturated rings. The summed E-state index contributed by atoms with van der Waals surface area (Å²) in [5.41, 5.74) is 1.37. The number of alkyl halides is 3. The zero-order valence-electron chi connectivity index (χ0n) is 15.6. The molecule has 0 bridgehead atoms. The highest BCUT2D eigenvalue weighted by Gasteiger charge is 2.41. The first kappa shape index (κ1) is 22.3. The van der Waals surface area contributed by atoms with Crippen molar-refractivity contribution in [1.29, 1.82) is 0 Å². The minimum atomic E-state index is -4.05. The lowest BCUT2D eigenvalue weighted by molar-refractivity contribution is -0.182. The van der Waals surface area contributed by atoms with E-state index in [0.29, 0.717) is 24.7 Å². The molecule has 0 amide bonds. The first-order valence-corrected chi connectivity index (χ1v) is 9.64. The molecular formula is C20H29F3IN3. The number of halogens is 4. The van der Waals surface area contributed by atoms with Crippen LogP contribution in [0.4, 0.5) is 13.2 Å². The van der Waals surface area contributed by atoms with Crippen molar-refractivity contribution in [2.45, 2.75) is 57.2 Å². The van der Waals surface area contributed by atoms with E-state index in [0.717, 1.165) is 25.5 Å². The van der Waals surface area contributed by atoms with E-state index in [1.165, 1.54) is 5.56 Å². The van der Waals surface area contributed by atoms with Gasteiger partial charge in [0.15, 0.2) is 5.96 Å². The van der Waals surface area contributed by atoms with Crippen LogP contribution in [0.1, 0.15) is 50.5 Å². The second kappa shape index (κ2) is 9.98. The Balaban J connectivity index is 0.00000261. The fourth-order valence-electron chi connectivity index (χ4n) is 3.84. The van der Waals surface area contributed by atoms with Gasteiger partial charge in [-0.05, 0) is 56.4 Å². The standard InChI is InChI=1S/C20H28F3N3.HI/c1-2-24-19(26-17-10-8-16(9-11-17)20(21,22)23)25-13-15-12-18(15)14-6-4-3-5-7-14;/h3-7,15-18H,2,8-13H2,1H3,(H2,24,25,26);1H. The van der Waals surface area contributed by atoms with Gasteiger partial charge in [-0.2, -0.15) is 13.2 Å². The Labute approximate surface area is 176 Å². The number of nitrogens with one attached hydrogen (secondary N) is 2. The van der Waals surface area contributed by atoms with Crippen LogP contribution in [-0.2, 0) is 0 Å². The van der Waals surface area contributed by atoms with E-state index in [1.807, 2.05) is 13.0 Å². The quantitative estimate of drug-likeness (QED) is 0.340. The van der Waals surface area contributed by atoms with Gasteiger partial charge in [-0.25, -0.2) is 0 Å². The predicted octanol–water partition coefficient (Wildman–Crippen LogP) is 5.08. The Bertz CT molecular complexity index is 598. The summed E-state index contributed by atoms with van der Waals surface area (Å²) in [5, 5.41) is 6.56. The molecule has 3 nitrogen and oxygen atoms in total. The number of benzene rings is 1. The molecule has 2 unspecified atom stereocenters. The fourth-order valence-corrected chi connectivity index (χ4v) is 3.84. The molecular weight excluding hydrogens is 466 g/mol. The molecule has 0 spiro atoms. The van der Waals surface area contributed by atoms with Crippen LogP contribution in [0.5, 0.6) is 0 Å². The van der Waals surface area contributed by atoms with Crippen LogP contribution in [0, 0.1) is 11.8 Å². The number of aliphatic imine (C=N–C) groups is 1. The summed E-state index contributed by atoms with van der Waals surface area (Å²) in [6.45, 7) is 3.50. The highest BCUT2D eigenvalue weighted by atomic mass is 127. The summed E-state index contributed by atoms with van der Waals surface area (Å²) in [4.78, 5) is 4.69. The van der Waals surface area contributed by atoms with Crippen LogP contribution in [0.2, 0.25) is 0 Å². The lowest BCUT2D eigenvalue weighted by Gasteiger charge is -2.31. The highest BCUT2D eigenvalue weighted by molar-refractivity contribution is 14.0. The van der Waals surface area contributed by atoms with Gasteiger partial charge >= 0.3 is 6.18 Å². The van der Waals surface area contributed by atoms with Crippen molar-refractivity contribution < 1.29 is 13.2 Å². The van der Waals surface area contributed by atoms with E-state index in [9.17, 15) is 13.2 Å². The van der Waals surface area contributed by atoms with E-state index < -0.39 is 12.1 Å². The van der Waals surface area contributed by atoms with Gasteiger partial charge in [-0.3, -0.25) is 4.99 Å². The van der Waals surface area contributed by atoms with Crippen molar-refractivity contribution in [3.8, 4) is 0 Å². The molecule has 0 saturated heterocycles. The summed E-state index contributed by atoms with van der Waals surface area (Å²) in [6, 6.07) is 10.6. The number of guanidine groups is 1. The van der Waals surface area contributed by atoms with E-state index in [1.54, 1.807) is 0 Å². The van der Waals surface area contributed by atoms with Gasteiger partial charge in [0.2, 0.25) is 0 Å². The Morgan fingerprint density at radius 3 is 2.37 bits per heavy atom. The zero-order chi connectivity index (χ0) is 18.6. The minimum Gasteiger partial charge on any atom is -0.357 e. The first-order chi connectivity index (χ1) is 12.5. The summed E-state index contributed by atoms with van der Waals surface area (Å²) in [5.74, 6) is 0.749.